The molecule has 0 fully saturated rings. The SMILES string of the molecule is CCNC1CCCSc2cc(F)ccc21. The Morgan fingerprint density at radius 3 is 3.20 bits per heavy atom. The Bertz CT molecular complexity index is 340. The van der Waals surface area contributed by atoms with Crippen molar-refractivity contribution in [3.05, 3.63) is 29.6 Å². The number of hydrogen-bond acceptors (Lipinski definition) is 2. The lowest BCUT2D eigenvalue weighted by molar-refractivity contribution is 0.506. The molecule has 0 saturated carbocycles. The zero-order chi connectivity index (χ0) is 10.7. The van der Waals surface area contributed by atoms with Crippen LogP contribution in [0.25, 0.3) is 0 Å². The number of rotatable bonds is 2. The average Bonchev–Trinajstić information content (AvgIpc) is 2.41. The molecule has 0 spiro atoms. The van der Waals surface area contributed by atoms with E-state index in [1.54, 1.807) is 23.9 Å². The lowest BCUT2D eigenvalue weighted by Crippen LogP contribution is -2.20. The molecule has 0 saturated heterocycles. The van der Waals surface area contributed by atoms with Crippen LogP contribution in [0.3, 0.4) is 0 Å². The van der Waals surface area contributed by atoms with Gasteiger partial charge in [0.25, 0.3) is 0 Å². The van der Waals surface area contributed by atoms with Gasteiger partial charge in [0.2, 0.25) is 0 Å². The van der Waals surface area contributed by atoms with Crippen molar-refractivity contribution in [2.45, 2.75) is 30.7 Å². The number of thioether (sulfide) groups is 1. The standard InChI is InChI=1S/C12H16FNS/c1-2-14-11-4-3-7-15-12-8-9(13)5-6-10(11)12/h5-6,8,11,14H,2-4,7H2,1H3. The summed E-state index contributed by atoms with van der Waals surface area (Å²) >= 11 is 1.77. The first kappa shape index (κ1) is 11.0. The molecular formula is C12H16FNS. The first-order valence-electron chi connectivity index (χ1n) is 5.47. The van der Waals surface area contributed by atoms with E-state index in [1.165, 1.54) is 12.0 Å². The molecule has 0 radical (unpaired) electrons. The Hall–Kier alpha value is -0.540. The molecule has 3 heteroatoms. The molecule has 82 valence electrons. The number of fused-ring (bicyclic) bond motifs is 1. The van der Waals surface area contributed by atoms with E-state index in [-0.39, 0.29) is 5.82 Å². The normalized spacial score (nSPS) is 20.8. The Labute approximate surface area is 94.5 Å². The fraction of sp³-hybridized carbons (Fsp3) is 0.500. The molecule has 15 heavy (non-hydrogen) atoms. The van der Waals surface area contributed by atoms with Gasteiger partial charge in [0.1, 0.15) is 5.82 Å². The quantitative estimate of drug-likeness (QED) is 0.828. The van der Waals surface area contributed by atoms with Crippen molar-refractivity contribution in [1.29, 1.82) is 0 Å². The largest absolute Gasteiger partial charge is 0.310 e. The second kappa shape index (κ2) is 4.99. The molecule has 0 bridgehead atoms. The summed E-state index contributed by atoms with van der Waals surface area (Å²) in [5, 5.41) is 3.46. The van der Waals surface area contributed by atoms with Crippen LogP contribution in [-0.4, -0.2) is 12.3 Å². The van der Waals surface area contributed by atoms with Gasteiger partial charge in [-0.2, -0.15) is 0 Å². The van der Waals surface area contributed by atoms with Crippen molar-refractivity contribution >= 4 is 11.8 Å². The lowest BCUT2D eigenvalue weighted by Gasteiger charge is -2.17. The van der Waals surface area contributed by atoms with Crippen LogP contribution in [0.5, 0.6) is 0 Å². The zero-order valence-electron chi connectivity index (χ0n) is 8.92. The van der Waals surface area contributed by atoms with Crippen molar-refractivity contribution in [2.75, 3.05) is 12.3 Å². The molecule has 1 atom stereocenters. The van der Waals surface area contributed by atoms with E-state index in [4.69, 9.17) is 0 Å². The van der Waals surface area contributed by atoms with Gasteiger partial charge in [0.15, 0.2) is 0 Å². The van der Waals surface area contributed by atoms with Gasteiger partial charge in [-0.15, -0.1) is 11.8 Å². The molecule has 1 unspecified atom stereocenters. The molecule has 0 aromatic heterocycles. The monoisotopic (exact) mass is 225 g/mol. The highest BCUT2D eigenvalue weighted by molar-refractivity contribution is 7.99. The summed E-state index contributed by atoms with van der Waals surface area (Å²) in [5.74, 6) is 0.969. The van der Waals surface area contributed by atoms with E-state index in [0.29, 0.717) is 6.04 Å². The predicted molar refractivity (Wildman–Crippen MR) is 62.8 cm³/mol. The van der Waals surface area contributed by atoms with Crippen LogP contribution in [0.15, 0.2) is 23.1 Å². The summed E-state index contributed by atoms with van der Waals surface area (Å²) in [5.41, 5.74) is 1.26. The molecule has 2 rings (SSSR count). The highest BCUT2D eigenvalue weighted by atomic mass is 32.2. The summed E-state index contributed by atoms with van der Waals surface area (Å²) < 4.78 is 13.1. The molecule has 0 amide bonds. The van der Waals surface area contributed by atoms with Gasteiger partial charge in [-0.25, -0.2) is 4.39 Å². The van der Waals surface area contributed by atoms with Crippen LogP contribution >= 0.6 is 11.8 Å². The van der Waals surface area contributed by atoms with E-state index in [1.807, 2.05) is 6.07 Å². The van der Waals surface area contributed by atoms with Crippen LogP contribution in [0.4, 0.5) is 4.39 Å². The Morgan fingerprint density at radius 2 is 2.40 bits per heavy atom. The van der Waals surface area contributed by atoms with Crippen molar-refractivity contribution in [2.24, 2.45) is 0 Å². The molecule has 1 aliphatic rings. The van der Waals surface area contributed by atoms with Crippen molar-refractivity contribution in [1.82, 2.24) is 5.32 Å². The summed E-state index contributed by atoms with van der Waals surface area (Å²) in [6, 6.07) is 5.56. The zero-order valence-corrected chi connectivity index (χ0v) is 9.74. The van der Waals surface area contributed by atoms with Gasteiger partial charge in [-0.05, 0) is 42.8 Å². The van der Waals surface area contributed by atoms with Gasteiger partial charge in [0, 0.05) is 10.9 Å². The maximum Gasteiger partial charge on any atom is 0.124 e. The topological polar surface area (TPSA) is 12.0 Å². The van der Waals surface area contributed by atoms with Crippen molar-refractivity contribution < 1.29 is 4.39 Å². The third-order valence-electron chi connectivity index (χ3n) is 2.70. The average molecular weight is 225 g/mol. The predicted octanol–water partition coefficient (Wildman–Crippen LogP) is 3.36. The van der Waals surface area contributed by atoms with Crippen LogP contribution in [0.1, 0.15) is 31.4 Å². The van der Waals surface area contributed by atoms with Gasteiger partial charge in [0.05, 0.1) is 0 Å². The molecule has 1 aliphatic heterocycles. The first-order chi connectivity index (χ1) is 7.31. The van der Waals surface area contributed by atoms with Crippen molar-refractivity contribution in [3.63, 3.8) is 0 Å². The minimum atomic E-state index is -0.126. The Kier molecular flexibility index (Phi) is 3.65. The third-order valence-corrected chi connectivity index (χ3v) is 3.85. The fourth-order valence-corrected chi connectivity index (χ4v) is 3.11. The van der Waals surface area contributed by atoms with E-state index < -0.39 is 0 Å². The number of benzene rings is 1. The summed E-state index contributed by atoms with van der Waals surface area (Å²) in [6.45, 7) is 3.08. The summed E-state index contributed by atoms with van der Waals surface area (Å²) in [6.07, 6.45) is 2.35. The highest BCUT2D eigenvalue weighted by Gasteiger charge is 2.18. The number of halogens is 1. The van der Waals surface area contributed by atoms with E-state index >= 15 is 0 Å². The number of hydrogen-bond donors (Lipinski definition) is 1. The molecule has 1 N–H and O–H groups in total. The summed E-state index contributed by atoms with van der Waals surface area (Å²) in [4.78, 5) is 1.11. The van der Waals surface area contributed by atoms with Crippen molar-refractivity contribution in [3.8, 4) is 0 Å². The molecule has 0 aliphatic carbocycles. The second-order valence-corrected chi connectivity index (χ2v) is 4.92. The molecule has 1 aromatic carbocycles. The minimum absolute atomic E-state index is 0.126. The number of nitrogens with one attached hydrogen (secondary N) is 1. The van der Waals surface area contributed by atoms with Crippen LogP contribution in [-0.2, 0) is 0 Å². The van der Waals surface area contributed by atoms with Gasteiger partial charge in [-0.3, -0.25) is 0 Å². The molecular weight excluding hydrogens is 209 g/mol. The maximum atomic E-state index is 13.1. The highest BCUT2D eigenvalue weighted by Crippen LogP contribution is 2.34. The van der Waals surface area contributed by atoms with Gasteiger partial charge >= 0.3 is 0 Å². The Balaban J connectivity index is 2.32. The smallest absolute Gasteiger partial charge is 0.124 e. The van der Waals surface area contributed by atoms with Crippen LogP contribution in [0.2, 0.25) is 0 Å². The first-order valence-corrected chi connectivity index (χ1v) is 6.45. The van der Waals surface area contributed by atoms with Crippen LogP contribution in [0, 0.1) is 5.82 Å². The lowest BCUT2D eigenvalue weighted by atomic mass is 10.0. The maximum absolute atomic E-state index is 13.1. The van der Waals surface area contributed by atoms with E-state index in [9.17, 15) is 4.39 Å². The van der Waals surface area contributed by atoms with E-state index in [0.717, 1.165) is 23.6 Å². The molecule has 1 aromatic rings. The third kappa shape index (κ3) is 2.52. The second-order valence-electron chi connectivity index (χ2n) is 3.78. The summed E-state index contributed by atoms with van der Waals surface area (Å²) in [7, 11) is 0. The van der Waals surface area contributed by atoms with Crippen LogP contribution < -0.4 is 5.32 Å². The fourth-order valence-electron chi connectivity index (χ4n) is 2.00. The molecule has 1 heterocycles. The Morgan fingerprint density at radius 1 is 1.53 bits per heavy atom. The van der Waals surface area contributed by atoms with Gasteiger partial charge < -0.3 is 5.32 Å². The van der Waals surface area contributed by atoms with E-state index in [2.05, 4.69) is 12.2 Å². The molecule has 1 nitrogen and oxygen atoms in total. The minimum Gasteiger partial charge on any atom is -0.310 e. The van der Waals surface area contributed by atoms with Gasteiger partial charge in [-0.1, -0.05) is 13.0 Å².